The topological polar surface area (TPSA) is 18.5 Å². The minimum atomic E-state index is -0.205. The van der Waals surface area contributed by atoms with Crippen molar-refractivity contribution in [1.29, 1.82) is 0 Å². The van der Waals surface area contributed by atoms with Gasteiger partial charge in [-0.1, -0.05) is 12.2 Å². The zero-order valence-electron chi connectivity index (χ0n) is 6.71. The van der Waals surface area contributed by atoms with Crippen molar-refractivity contribution >= 4 is 0 Å². The summed E-state index contributed by atoms with van der Waals surface area (Å²) in [6.45, 7) is 1.56. The highest BCUT2D eigenvalue weighted by atomic mass is 16.7. The van der Waals surface area contributed by atoms with Crippen molar-refractivity contribution in [3.8, 4) is 0 Å². The predicted octanol–water partition coefficient (Wildman–Crippen LogP) is 1.86. The molecule has 11 heavy (non-hydrogen) atoms. The highest BCUT2D eigenvalue weighted by molar-refractivity contribution is 4.91. The van der Waals surface area contributed by atoms with Crippen LogP contribution in [0.15, 0.2) is 12.2 Å². The maximum atomic E-state index is 5.60. The van der Waals surface area contributed by atoms with Crippen LogP contribution in [0.5, 0.6) is 0 Å². The Kier molecular flexibility index (Phi) is 1.96. The second kappa shape index (κ2) is 2.95. The highest BCUT2D eigenvalue weighted by Gasteiger charge is 2.35. The van der Waals surface area contributed by atoms with Crippen molar-refractivity contribution in [3.63, 3.8) is 0 Å². The maximum Gasteiger partial charge on any atom is 0.169 e. The third-order valence-corrected chi connectivity index (χ3v) is 2.36. The molecule has 0 N–H and O–H groups in total. The molecule has 2 nitrogen and oxygen atoms in total. The Hall–Kier alpha value is -0.340. The van der Waals surface area contributed by atoms with E-state index in [1.54, 1.807) is 0 Å². The van der Waals surface area contributed by atoms with Crippen LogP contribution in [0.25, 0.3) is 0 Å². The number of rotatable bonds is 0. The van der Waals surface area contributed by atoms with E-state index in [0.717, 1.165) is 38.9 Å². The molecule has 0 saturated carbocycles. The van der Waals surface area contributed by atoms with Crippen LogP contribution in [0.4, 0.5) is 0 Å². The van der Waals surface area contributed by atoms with Gasteiger partial charge in [0, 0.05) is 12.8 Å². The van der Waals surface area contributed by atoms with Gasteiger partial charge in [0.05, 0.1) is 13.2 Å². The smallest absolute Gasteiger partial charge is 0.169 e. The summed E-state index contributed by atoms with van der Waals surface area (Å²) < 4.78 is 11.2. The van der Waals surface area contributed by atoms with Gasteiger partial charge in [-0.15, -0.1) is 0 Å². The van der Waals surface area contributed by atoms with Gasteiger partial charge >= 0.3 is 0 Å². The summed E-state index contributed by atoms with van der Waals surface area (Å²) in [6.07, 6.45) is 8.70. The summed E-state index contributed by atoms with van der Waals surface area (Å²) in [5.74, 6) is -0.205. The molecule has 0 radical (unpaired) electrons. The van der Waals surface area contributed by atoms with Gasteiger partial charge in [0.15, 0.2) is 5.79 Å². The quantitative estimate of drug-likeness (QED) is 0.496. The van der Waals surface area contributed by atoms with Crippen molar-refractivity contribution in [2.45, 2.75) is 31.5 Å². The molecule has 62 valence electrons. The van der Waals surface area contributed by atoms with Crippen molar-refractivity contribution in [2.75, 3.05) is 13.2 Å². The first-order valence-electron chi connectivity index (χ1n) is 4.34. The highest BCUT2D eigenvalue weighted by Crippen LogP contribution is 2.31. The first-order valence-corrected chi connectivity index (χ1v) is 4.34. The molecule has 0 bridgehead atoms. The molecule has 1 saturated heterocycles. The van der Waals surface area contributed by atoms with E-state index in [0.29, 0.717) is 0 Å². The van der Waals surface area contributed by atoms with Crippen LogP contribution in [0, 0.1) is 0 Å². The van der Waals surface area contributed by atoms with Gasteiger partial charge in [-0.2, -0.15) is 0 Å². The van der Waals surface area contributed by atoms with Gasteiger partial charge < -0.3 is 9.47 Å². The monoisotopic (exact) mass is 154 g/mol. The Labute approximate surface area is 67.2 Å². The molecule has 1 aliphatic carbocycles. The zero-order valence-corrected chi connectivity index (χ0v) is 6.71. The lowest BCUT2D eigenvalue weighted by molar-refractivity contribution is -0.164. The van der Waals surface area contributed by atoms with Crippen LogP contribution in [-0.4, -0.2) is 19.0 Å². The normalized spacial score (nSPS) is 29.1. The summed E-state index contributed by atoms with van der Waals surface area (Å²) in [4.78, 5) is 0. The fraction of sp³-hybridized carbons (Fsp3) is 0.778. The molecule has 0 aromatic heterocycles. The van der Waals surface area contributed by atoms with Gasteiger partial charge in [0.25, 0.3) is 0 Å². The Morgan fingerprint density at radius 2 is 1.45 bits per heavy atom. The minimum absolute atomic E-state index is 0.205. The van der Waals surface area contributed by atoms with Gasteiger partial charge in [-0.3, -0.25) is 0 Å². The lowest BCUT2D eigenvalue weighted by atomic mass is 10.1. The Bertz CT molecular complexity index is 145. The fourth-order valence-corrected chi connectivity index (χ4v) is 1.75. The molecule has 2 aliphatic rings. The van der Waals surface area contributed by atoms with Crippen molar-refractivity contribution < 1.29 is 9.47 Å². The third kappa shape index (κ3) is 1.47. The zero-order chi connectivity index (χ0) is 7.57. The summed E-state index contributed by atoms with van der Waals surface area (Å²) in [7, 11) is 0. The number of allylic oxidation sites excluding steroid dienone is 2. The average Bonchev–Trinajstić information content (AvgIpc) is 2.32. The molecular weight excluding hydrogens is 140 g/mol. The van der Waals surface area contributed by atoms with E-state index in [2.05, 4.69) is 12.2 Å². The molecule has 1 fully saturated rings. The summed E-state index contributed by atoms with van der Waals surface area (Å²) in [5, 5.41) is 0. The molecule has 1 spiro atoms. The van der Waals surface area contributed by atoms with Crippen LogP contribution < -0.4 is 0 Å². The first kappa shape index (κ1) is 7.32. The second-order valence-corrected chi connectivity index (χ2v) is 3.16. The Morgan fingerprint density at radius 1 is 0.909 bits per heavy atom. The van der Waals surface area contributed by atoms with Gasteiger partial charge in [0.2, 0.25) is 0 Å². The molecule has 0 aromatic carbocycles. The van der Waals surface area contributed by atoms with E-state index in [1.807, 2.05) is 0 Å². The Morgan fingerprint density at radius 3 is 2.00 bits per heavy atom. The molecule has 1 heterocycles. The molecule has 2 rings (SSSR count). The van der Waals surface area contributed by atoms with E-state index in [-0.39, 0.29) is 5.79 Å². The number of ether oxygens (including phenoxy) is 2. The van der Waals surface area contributed by atoms with E-state index < -0.39 is 0 Å². The average molecular weight is 154 g/mol. The summed E-state index contributed by atoms with van der Waals surface area (Å²) in [6, 6.07) is 0. The van der Waals surface area contributed by atoms with Gasteiger partial charge in [0.1, 0.15) is 0 Å². The second-order valence-electron chi connectivity index (χ2n) is 3.16. The van der Waals surface area contributed by atoms with Crippen LogP contribution in [0.2, 0.25) is 0 Å². The van der Waals surface area contributed by atoms with Crippen molar-refractivity contribution in [2.24, 2.45) is 0 Å². The molecule has 1 aliphatic heterocycles. The van der Waals surface area contributed by atoms with E-state index >= 15 is 0 Å². The van der Waals surface area contributed by atoms with E-state index in [1.165, 1.54) is 0 Å². The van der Waals surface area contributed by atoms with Crippen LogP contribution in [0.1, 0.15) is 25.7 Å². The van der Waals surface area contributed by atoms with Crippen molar-refractivity contribution in [1.82, 2.24) is 0 Å². The minimum Gasteiger partial charge on any atom is -0.348 e. The van der Waals surface area contributed by atoms with Crippen LogP contribution >= 0.6 is 0 Å². The Balaban J connectivity index is 2.01. The maximum absolute atomic E-state index is 5.60. The SMILES string of the molecule is C1=CCCC2(CC1)OCCO2. The lowest BCUT2D eigenvalue weighted by Crippen LogP contribution is -2.28. The van der Waals surface area contributed by atoms with Crippen LogP contribution in [-0.2, 0) is 9.47 Å². The number of hydrogen-bond donors (Lipinski definition) is 0. The van der Waals surface area contributed by atoms with Crippen molar-refractivity contribution in [3.05, 3.63) is 12.2 Å². The van der Waals surface area contributed by atoms with E-state index in [9.17, 15) is 0 Å². The van der Waals surface area contributed by atoms with Crippen LogP contribution in [0.3, 0.4) is 0 Å². The summed E-state index contributed by atoms with van der Waals surface area (Å²) >= 11 is 0. The lowest BCUT2D eigenvalue weighted by Gasteiger charge is -2.25. The standard InChI is InChI=1S/C9H14O2/c1-2-4-6-9(5-3-1)10-7-8-11-9/h1-2H,3-8H2. The van der Waals surface area contributed by atoms with Gasteiger partial charge in [-0.25, -0.2) is 0 Å². The first-order chi connectivity index (χ1) is 5.41. The largest absolute Gasteiger partial charge is 0.348 e. The third-order valence-electron chi connectivity index (χ3n) is 2.36. The molecule has 2 heteroatoms. The molecule has 0 unspecified atom stereocenters. The molecule has 0 amide bonds. The molecule has 0 atom stereocenters. The molecular formula is C9H14O2. The molecule has 0 aromatic rings. The number of hydrogen-bond acceptors (Lipinski definition) is 2. The van der Waals surface area contributed by atoms with E-state index in [4.69, 9.17) is 9.47 Å². The predicted molar refractivity (Wildman–Crippen MR) is 42.2 cm³/mol. The van der Waals surface area contributed by atoms with Gasteiger partial charge in [-0.05, 0) is 12.8 Å². The summed E-state index contributed by atoms with van der Waals surface area (Å²) in [5.41, 5.74) is 0. The fourth-order valence-electron chi connectivity index (χ4n) is 1.75.